The maximum Gasteiger partial charge on any atom is 0.309 e. The van der Waals surface area contributed by atoms with Crippen LogP contribution in [0.4, 0.5) is 0 Å². The molecular formula is C11H20N2O3. The Bertz CT molecular complexity index is 237. The molecule has 0 atom stereocenters. The van der Waals surface area contributed by atoms with E-state index < -0.39 is 11.8 Å². The van der Waals surface area contributed by atoms with Crippen LogP contribution in [-0.2, 0) is 14.3 Å². The first-order chi connectivity index (χ1) is 7.74. The molecule has 0 radical (unpaired) electrons. The fourth-order valence-electron chi connectivity index (χ4n) is 1.84. The Kier molecular flexibility index (Phi) is 5.85. The largest absolute Gasteiger partial charge is 0.383 e. The Hall–Kier alpha value is -1.10. The molecule has 1 aliphatic carbocycles. The predicted octanol–water partition coefficient (Wildman–Crippen LogP) is 0.198. The van der Waals surface area contributed by atoms with Gasteiger partial charge in [-0.3, -0.25) is 9.59 Å². The van der Waals surface area contributed by atoms with Crippen molar-refractivity contribution in [1.82, 2.24) is 10.6 Å². The van der Waals surface area contributed by atoms with Gasteiger partial charge in [0.15, 0.2) is 0 Å². The average Bonchev–Trinajstić information content (AvgIpc) is 2.30. The number of methoxy groups -OCH3 is 1. The van der Waals surface area contributed by atoms with Crippen LogP contribution in [0.3, 0.4) is 0 Å². The molecule has 5 heteroatoms. The van der Waals surface area contributed by atoms with Crippen molar-refractivity contribution < 1.29 is 14.3 Å². The van der Waals surface area contributed by atoms with Crippen LogP contribution in [0.15, 0.2) is 0 Å². The Labute approximate surface area is 95.9 Å². The molecule has 5 nitrogen and oxygen atoms in total. The van der Waals surface area contributed by atoms with E-state index in [-0.39, 0.29) is 6.04 Å². The third kappa shape index (κ3) is 4.61. The summed E-state index contributed by atoms with van der Waals surface area (Å²) >= 11 is 0. The summed E-state index contributed by atoms with van der Waals surface area (Å²) in [5.41, 5.74) is 0. The van der Waals surface area contributed by atoms with E-state index in [2.05, 4.69) is 10.6 Å². The summed E-state index contributed by atoms with van der Waals surface area (Å²) in [5, 5.41) is 5.25. The SMILES string of the molecule is COCCNC(=O)C(=O)NC1CCCCC1. The highest BCUT2D eigenvalue weighted by molar-refractivity contribution is 6.35. The summed E-state index contributed by atoms with van der Waals surface area (Å²) < 4.78 is 4.78. The van der Waals surface area contributed by atoms with Crippen molar-refractivity contribution in [3.8, 4) is 0 Å². The molecule has 0 aromatic carbocycles. The smallest absolute Gasteiger partial charge is 0.309 e. The van der Waals surface area contributed by atoms with Gasteiger partial charge >= 0.3 is 11.8 Å². The van der Waals surface area contributed by atoms with Gasteiger partial charge in [-0.05, 0) is 12.8 Å². The minimum absolute atomic E-state index is 0.175. The lowest BCUT2D eigenvalue weighted by atomic mass is 9.95. The summed E-state index contributed by atoms with van der Waals surface area (Å²) in [5.74, 6) is -1.09. The van der Waals surface area contributed by atoms with Gasteiger partial charge in [0.05, 0.1) is 6.61 Å². The van der Waals surface area contributed by atoms with Gasteiger partial charge in [0.1, 0.15) is 0 Å². The monoisotopic (exact) mass is 228 g/mol. The highest BCUT2D eigenvalue weighted by Crippen LogP contribution is 2.17. The molecular weight excluding hydrogens is 208 g/mol. The molecule has 92 valence electrons. The maximum absolute atomic E-state index is 11.4. The fourth-order valence-corrected chi connectivity index (χ4v) is 1.84. The van der Waals surface area contributed by atoms with Gasteiger partial charge in [0.2, 0.25) is 0 Å². The molecule has 0 bridgehead atoms. The number of rotatable bonds is 4. The zero-order valence-corrected chi connectivity index (χ0v) is 9.75. The van der Waals surface area contributed by atoms with Gasteiger partial charge in [-0.2, -0.15) is 0 Å². The van der Waals surface area contributed by atoms with Crippen LogP contribution in [0.5, 0.6) is 0 Å². The van der Waals surface area contributed by atoms with Crippen LogP contribution in [0.2, 0.25) is 0 Å². The minimum Gasteiger partial charge on any atom is -0.383 e. The molecule has 0 unspecified atom stereocenters. The predicted molar refractivity (Wildman–Crippen MR) is 59.9 cm³/mol. The van der Waals surface area contributed by atoms with Crippen molar-refractivity contribution in [2.45, 2.75) is 38.1 Å². The number of carbonyl (C=O) groups is 2. The van der Waals surface area contributed by atoms with E-state index in [0.29, 0.717) is 13.2 Å². The summed E-state index contributed by atoms with van der Waals surface area (Å²) in [7, 11) is 1.55. The summed E-state index contributed by atoms with van der Waals surface area (Å²) in [6, 6.07) is 0.175. The second kappa shape index (κ2) is 7.22. The van der Waals surface area contributed by atoms with E-state index in [1.54, 1.807) is 7.11 Å². The number of hydrogen-bond acceptors (Lipinski definition) is 3. The van der Waals surface area contributed by atoms with Crippen molar-refractivity contribution in [1.29, 1.82) is 0 Å². The van der Waals surface area contributed by atoms with Gasteiger partial charge in [-0.1, -0.05) is 19.3 Å². The van der Waals surface area contributed by atoms with Crippen molar-refractivity contribution >= 4 is 11.8 Å². The van der Waals surface area contributed by atoms with E-state index in [4.69, 9.17) is 4.74 Å². The molecule has 0 saturated heterocycles. The Morgan fingerprint density at radius 3 is 2.50 bits per heavy atom. The number of amides is 2. The van der Waals surface area contributed by atoms with Crippen molar-refractivity contribution in [3.63, 3.8) is 0 Å². The van der Waals surface area contributed by atoms with Gasteiger partial charge in [0, 0.05) is 19.7 Å². The summed E-state index contributed by atoms with van der Waals surface area (Å²) in [6.07, 6.45) is 5.47. The number of hydrogen-bond donors (Lipinski definition) is 2. The van der Waals surface area contributed by atoms with Crippen molar-refractivity contribution in [3.05, 3.63) is 0 Å². The molecule has 16 heavy (non-hydrogen) atoms. The third-order valence-corrected chi connectivity index (χ3v) is 2.74. The van der Waals surface area contributed by atoms with Crippen LogP contribution in [0.1, 0.15) is 32.1 Å². The molecule has 0 aromatic rings. The Morgan fingerprint density at radius 2 is 1.88 bits per heavy atom. The Balaban J connectivity index is 2.19. The highest BCUT2D eigenvalue weighted by atomic mass is 16.5. The van der Waals surface area contributed by atoms with Crippen LogP contribution in [-0.4, -0.2) is 38.1 Å². The molecule has 1 rings (SSSR count). The quantitative estimate of drug-likeness (QED) is 0.533. The standard InChI is InChI=1S/C11H20N2O3/c1-16-8-7-12-10(14)11(15)13-9-5-3-2-4-6-9/h9H,2-8H2,1H3,(H,12,14)(H,13,15). The summed E-state index contributed by atoms with van der Waals surface area (Å²) in [6.45, 7) is 0.788. The Morgan fingerprint density at radius 1 is 1.19 bits per heavy atom. The van der Waals surface area contributed by atoms with Crippen LogP contribution in [0, 0.1) is 0 Å². The molecule has 1 fully saturated rings. The molecule has 0 aromatic heterocycles. The molecule has 0 heterocycles. The van der Waals surface area contributed by atoms with E-state index >= 15 is 0 Å². The first-order valence-corrected chi connectivity index (χ1v) is 5.81. The van der Waals surface area contributed by atoms with Gasteiger partial charge < -0.3 is 15.4 Å². The lowest BCUT2D eigenvalue weighted by Gasteiger charge is -2.22. The van der Waals surface area contributed by atoms with Gasteiger partial charge in [-0.25, -0.2) is 0 Å². The zero-order chi connectivity index (χ0) is 11.8. The van der Waals surface area contributed by atoms with E-state index in [9.17, 15) is 9.59 Å². The maximum atomic E-state index is 11.4. The molecule has 0 aliphatic heterocycles. The fraction of sp³-hybridized carbons (Fsp3) is 0.818. The van der Waals surface area contributed by atoms with E-state index in [0.717, 1.165) is 25.7 Å². The van der Waals surface area contributed by atoms with E-state index in [1.807, 2.05) is 0 Å². The number of ether oxygens (including phenoxy) is 1. The normalized spacial score (nSPS) is 16.8. The average molecular weight is 228 g/mol. The van der Waals surface area contributed by atoms with Gasteiger partial charge in [0.25, 0.3) is 0 Å². The topological polar surface area (TPSA) is 67.4 Å². The van der Waals surface area contributed by atoms with Crippen molar-refractivity contribution in [2.24, 2.45) is 0 Å². The summed E-state index contributed by atoms with van der Waals surface area (Å²) in [4.78, 5) is 22.8. The second-order valence-electron chi connectivity index (χ2n) is 4.06. The van der Waals surface area contributed by atoms with E-state index in [1.165, 1.54) is 6.42 Å². The second-order valence-corrected chi connectivity index (χ2v) is 4.06. The number of carbonyl (C=O) groups excluding carboxylic acids is 2. The zero-order valence-electron chi connectivity index (χ0n) is 9.75. The van der Waals surface area contributed by atoms with Crippen LogP contribution >= 0.6 is 0 Å². The molecule has 2 N–H and O–H groups in total. The molecule has 1 aliphatic rings. The minimum atomic E-state index is -0.567. The highest BCUT2D eigenvalue weighted by Gasteiger charge is 2.19. The first-order valence-electron chi connectivity index (χ1n) is 5.81. The van der Waals surface area contributed by atoms with Gasteiger partial charge in [-0.15, -0.1) is 0 Å². The third-order valence-electron chi connectivity index (χ3n) is 2.74. The number of nitrogens with one attached hydrogen (secondary N) is 2. The molecule has 0 spiro atoms. The van der Waals surface area contributed by atoms with Crippen molar-refractivity contribution in [2.75, 3.05) is 20.3 Å². The van der Waals surface area contributed by atoms with Crippen LogP contribution < -0.4 is 10.6 Å². The molecule has 1 saturated carbocycles. The lowest BCUT2D eigenvalue weighted by molar-refractivity contribution is -0.139. The molecule has 2 amide bonds. The lowest BCUT2D eigenvalue weighted by Crippen LogP contribution is -2.45. The van der Waals surface area contributed by atoms with Crippen LogP contribution in [0.25, 0.3) is 0 Å². The first kappa shape index (κ1) is 13.0.